The topological polar surface area (TPSA) is 76.4 Å². The van der Waals surface area contributed by atoms with Gasteiger partial charge < -0.3 is 9.64 Å². The molecule has 1 aromatic heterocycles. The van der Waals surface area contributed by atoms with Gasteiger partial charge in [0, 0.05) is 31.2 Å². The SMILES string of the molecule is O=C(COc1ccc(Cl)cc1Cl)N1CCN(Cc2nnnn2-c2ccc(F)cc2)CC1. The molecule has 0 unspecified atom stereocenters. The maximum absolute atomic E-state index is 13.2. The van der Waals surface area contributed by atoms with Gasteiger partial charge >= 0.3 is 0 Å². The lowest BCUT2D eigenvalue weighted by Gasteiger charge is -2.34. The number of halogens is 3. The Balaban J connectivity index is 1.29. The maximum Gasteiger partial charge on any atom is 0.260 e. The Bertz CT molecular complexity index is 1050. The molecular formula is C20H19Cl2FN6O2. The zero-order valence-electron chi connectivity index (χ0n) is 16.4. The van der Waals surface area contributed by atoms with Gasteiger partial charge in [-0.05, 0) is 52.9 Å². The highest BCUT2D eigenvalue weighted by Crippen LogP contribution is 2.27. The number of ether oxygens (including phenoxy) is 1. The van der Waals surface area contributed by atoms with Crippen LogP contribution in [-0.4, -0.2) is 68.7 Å². The maximum atomic E-state index is 13.2. The largest absolute Gasteiger partial charge is 0.482 e. The number of aromatic nitrogens is 4. The third-order valence-corrected chi connectivity index (χ3v) is 5.47. The molecule has 1 aliphatic rings. The second-order valence-corrected chi connectivity index (χ2v) is 7.85. The molecule has 2 heterocycles. The highest BCUT2D eigenvalue weighted by atomic mass is 35.5. The van der Waals surface area contributed by atoms with E-state index < -0.39 is 0 Å². The van der Waals surface area contributed by atoms with E-state index >= 15 is 0 Å². The van der Waals surface area contributed by atoms with Gasteiger partial charge in [0.1, 0.15) is 11.6 Å². The Morgan fingerprint density at radius 2 is 1.81 bits per heavy atom. The van der Waals surface area contributed by atoms with Crippen molar-refractivity contribution < 1.29 is 13.9 Å². The number of carbonyl (C=O) groups is 1. The number of nitrogens with zero attached hydrogens (tertiary/aromatic N) is 6. The van der Waals surface area contributed by atoms with Crippen LogP contribution in [0, 0.1) is 5.82 Å². The second-order valence-electron chi connectivity index (χ2n) is 7.00. The minimum absolute atomic E-state index is 0.0931. The molecule has 0 radical (unpaired) electrons. The van der Waals surface area contributed by atoms with E-state index in [9.17, 15) is 9.18 Å². The van der Waals surface area contributed by atoms with Crippen LogP contribution in [0.1, 0.15) is 5.82 Å². The summed E-state index contributed by atoms with van der Waals surface area (Å²) in [5.41, 5.74) is 0.688. The van der Waals surface area contributed by atoms with Crippen LogP contribution in [-0.2, 0) is 11.3 Å². The van der Waals surface area contributed by atoms with Gasteiger partial charge in [-0.3, -0.25) is 9.69 Å². The van der Waals surface area contributed by atoms with E-state index in [1.54, 1.807) is 39.9 Å². The molecule has 1 saturated heterocycles. The Hall–Kier alpha value is -2.75. The summed E-state index contributed by atoms with van der Waals surface area (Å²) in [6, 6.07) is 10.8. The van der Waals surface area contributed by atoms with Gasteiger partial charge in [-0.15, -0.1) is 5.10 Å². The Morgan fingerprint density at radius 1 is 1.06 bits per heavy atom. The lowest BCUT2D eigenvalue weighted by molar-refractivity contribution is -0.135. The first-order valence-electron chi connectivity index (χ1n) is 9.61. The van der Waals surface area contributed by atoms with Crippen molar-refractivity contribution in [3.8, 4) is 11.4 Å². The Morgan fingerprint density at radius 3 is 2.52 bits per heavy atom. The van der Waals surface area contributed by atoms with Crippen LogP contribution < -0.4 is 4.74 Å². The van der Waals surface area contributed by atoms with E-state index in [2.05, 4.69) is 20.4 Å². The van der Waals surface area contributed by atoms with Gasteiger partial charge in [-0.1, -0.05) is 23.2 Å². The number of hydrogen-bond acceptors (Lipinski definition) is 6. The zero-order chi connectivity index (χ0) is 21.8. The fraction of sp³-hybridized carbons (Fsp3) is 0.300. The van der Waals surface area contributed by atoms with Gasteiger partial charge in [0.15, 0.2) is 12.4 Å². The average Bonchev–Trinajstić information content (AvgIpc) is 3.22. The van der Waals surface area contributed by atoms with E-state index in [0.717, 1.165) is 0 Å². The molecule has 1 aliphatic heterocycles. The van der Waals surface area contributed by atoms with E-state index in [1.165, 1.54) is 12.1 Å². The summed E-state index contributed by atoms with van der Waals surface area (Å²) in [5.74, 6) is 0.640. The Labute approximate surface area is 188 Å². The summed E-state index contributed by atoms with van der Waals surface area (Å²) < 4.78 is 20.3. The molecule has 0 bridgehead atoms. The van der Waals surface area contributed by atoms with Crippen LogP contribution >= 0.6 is 23.2 Å². The molecule has 31 heavy (non-hydrogen) atoms. The van der Waals surface area contributed by atoms with Gasteiger partial charge in [0.2, 0.25) is 0 Å². The van der Waals surface area contributed by atoms with Crippen molar-refractivity contribution in [2.45, 2.75) is 6.54 Å². The molecule has 11 heteroatoms. The van der Waals surface area contributed by atoms with Crippen LogP contribution in [0.3, 0.4) is 0 Å². The highest BCUT2D eigenvalue weighted by Gasteiger charge is 2.23. The molecule has 0 atom stereocenters. The predicted molar refractivity (Wildman–Crippen MR) is 113 cm³/mol. The van der Waals surface area contributed by atoms with E-state index in [0.29, 0.717) is 60.0 Å². The minimum Gasteiger partial charge on any atom is -0.482 e. The molecule has 162 valence electrons. The fourth-order valence-electron chi connectivity index (χ4n) is 3.27. The van der Waals surface area contributed by atoms with Crippen molar-refractivity contribution in [3.05, 3.63) is 64.2 Å². The number of rotatable bonds is 6. The first kappa shape index (κ1) is 21.5. The summed E-state index contributed by atoms with van der Waals surface area (Å²) in [6.45, 7) is 2.89. The van der Waals surface area contributed by atoms with Crippen LogP contribution in [0.15, 0.2) is 42.5 Å². The molecule has 0 aliphatic carbocycles. The van der Waals surface area contributed by atoms with Crippen LogP contribution in [0.5, 0.6) is 5.75 Å². The summed E-state index contributed by atoms with van der Waals surface area (Å²) in [7, 11) is 0. The molecule has 4 rings (SSSR count). The molecular weight excluding hydrogens is 446 g/mol. The zero-order valence-corrected chi connectivity index (χ0v) is 17.9. The average molecular weight is 465 g/mol. The van der Waals surface area contributed by atoms with E-state index in [-0.39, 0.29) is 18.3 Å². The van der Waals surface area contributed by atoms with Gasteiger partial charge in [-0.2, -0.15) is 4.68 Å². The summed E-state index contributed by atoms with van der Waals surface area (Å²) >= 11 is 11.9. The van der Waals surface area contributed by atoms with Crippen LogP contribution in [0.2, 0.25) is 10.0 Å². The molecule has 0 N–H and O–H groups in total. The normalized spacial score (nSPS) is 14.6. The lowest BCUT2D eigenvalue weighted by atomic mass is 10.3. The monoisotopic (exact) mass is 464 g/mol. The van der Waals surface area contributed by atoms with Crippen LogP contribution in [0.25, 0.3) is 5.69 Å². The molecule has 1 fully saturated rings. The number of tetrazole rings is 1. The van der Waals surface area contributed by atoms with Crippen molar-refractivity contribution in [3.63, 3.8) is 0 Å². The smallest absolute Gasteiger partial charge is 0.260 e. The number of hydrogen-bond donors (Lipinski definition) is 0. The third-order valence-electron chi connectivity index (χ3n) is 4.94. The third kappa shape index (κ3) is 5.30. The van der Waals surface area contributed by atoms with Crippen molar-refractivity contribution >= 4 is 29.1 Å². The summed E-state index contributed by atoms with van der Waals surface area (Å²) in [4.78, 5) is 16.4. The summed E-state index contributed by atoms with van der Waals surface area (Å²) in [5, 5.41) is 12.7. The minimum atomic E-state index is -0.318. The van der Waals surface area contributed by atoms with Crippen molar-refractivity contribution in [1.29, 1.82) is 0 Å². The first-order chi connectivity index (χ1) is 15.0. The van der Waals surface area contributed by atoms with Crippen molar-refractivity contribution in [1.82, 2.24) is 30.0 Å². The van der Waals surface area contributed by atoms with Gasteiger partial charge in [-0.25, -0.2) is 4.39 Å². The second kappa shape index (κ2) is 9.59. The fourth-order valence-corrected chi connectivity index (χ4v) is 3.73. The van der Waals surface area contributed by atoms with E-state index in [4.69, 9.17) is 27.9 Å². The lowest BCUT2D eigenvalue weighted by Crippen LogP contribution is -2.49. The molecule has 3 aromatic rings. The number of piperazine rings is 1. The van der Waals surface area contributed by atoms with Crippen molar-refractivity contribution in [2.75, 3.05) is 32.8 Å². The van der Waals surface area contributed by atoms with E-state index in [1.807, 2.05) is 0 Å². The highest BCUT2D eigenvalue weighted by molar-refractivity contribution is 6.35. The van der Waals surface area contributed by atoms with Crippen LogP contribution in [0.4, 0.5) is 4.39 Å². The van der Waals surface area contributed by atoms with Gasteiger partial charge in [0.25, 0.3) is 5.91 Å². The Kier molecular flexibility index (Phi) is 6.64. The first-order valence-corrected chi connectivity index (χ1v) is 10.4. The molecule has 0 spiro atoms. The predicted octanol–water partition coefficient (Wildman–Crippen LogP) is 2.83. The molecule has 0 saturated carbocycles. The number of benzene rings is 2. The van der Waals surface area contributed by atoms with Crippen molar-refractivity contribution in [2.24, 2.45) is 0 Å². The number of carbonyl (C=O) groups excluding carboxylic acids is 1. The standard InChI is InChI=1S/C20H19Cl2FN6O2/c21-14-1-6-18(17(22)11-14)31-13-20(30)28-9-7-27(8-10-28)12-19-24-25-26-29(19)16-4-2-15(23)3-5-16/h1-6,11H,7-10,12-13H2. The molecule has 8 nitrogen and oxygen atoms in total. The summed E-state index contributed by atoms with van der Waals surface area (Å²) in [6.07, 6.45) is 0. The number of amides is 1. The molecule has 2 aromatic carbocycles. The van der Waals surface area contributed by atoms with Gasteiger partial charge in [0.05, 0.1) is 17.3 Å². The molecule has 1 amide bonds. The quantitative estimate of drug-likeness (QED) is 0.558.